The summed E-state index contributed by atoms with van der Waals surface area (Å²) < 4.78 is 0. The number of likely N-dealkylation sites (tertiary alicyclic amines) is 1. The molecule has 19 heavy (non-hydrogen) atoms. The van der Waals surface area contributed by atoms with Crippen LogP contribution in [0.4, 0.5) is 0 Å². The number of benzene rings is 1. The molecule has 1 fully saturated rings. The van der Waals surface area contributed by atoms with Gasteiger partial charge in [-0.05, 0) is 25.8 Å². The van der Waals surface area contributed by atoms with E-state index in [0.29, 0.717) is 19.5 Å². The highest BCUT2D eigenvalue weighted by Crippen LogP contribution is 2.22. The standard InChI is InChI=1S/C15H20N2O2/c1-15(2,17-10-6-9-13(17)18)14(19)16-11-12-7-4-3-5-8-12/h3-5,7-8H,6,9-11H2,1-2H3,(H,16,19). The van der Waals surface area contributed by atoms with Gasteiger partial charge in [0.05, 0.1) is 0 Å². The maximum atomic E-state index is 12.3. The average molecular weight is 260 g/mol. The van der Waals surface area contributed by atoms with E-state index in [-0.39, 0.29) is 11.8 Å². The lowest BCUT2D eigenvalue weighted by Gasteiger charge is -2.34. The van der Waals surface area contributed by atoms with Crippen molar-refractivity contribution >= 4 is 11.8 Å². The van der Waals surface area contributed by atoms with Gasteiger partial charge in [0, 0.05) is 19.5 Å². The van der Waals surface area contributed by atoms with Crippen LogP contribution in [0.2, 0.25) is 0 Å². The molecule has 1 heterocycles. The first-order valence-electron chi connectivity index (χ1n) is 6.64. The van der Waals surface area contributed by atoms with Gasteiger partial charge in [0.1, 0.15) is 5.54 Å². The first-order valence-corrected chi connectivity index (χ1v) is 6.64. The van der Waals surface area contributed by atoms with Crippen molar-refractivity contribution in [2.24, 2.45) is 0 Å². The molecule has 102 valence electrons. The summed E-state index contributed by atoms with van der Waals surface area (Å²) in [5.41, 5.74) is 0.280. The molecule has 0 saturated carbocycles. The first-order chi connectivity index (χ1) is 9.01. The molecule has 0 aliphatic carbocycles. The molecule has 0 radical (unpaired) electrons. The van der Waals surface area contributed by atoms with E-state index in [1.165, 1.54) is 0 Å². The van der Waals surface area contributed by atoms with Gasteiger partial charge < -0.3 is 10.2 Å². The van der Waals surface area contributed by atoms with Gasteiger partial charge in [-0.3, -0.25) is 9.59 Å². The molecule has 1 N–H and O–H groups in total. The number of nitrogens with zero attached hydrogens (tertiary/aromatic N) is 1. The summed E-state index contributed by atoms with van der Waals surface area (Å²) in [7, 11) is 0. The predicted octanol–water partition coefficient (Wildman–Crippen LogP) is 1.70. The van der Waals surface area contributed by atoms with Crippen molar-refractivity contribution in [1.82, 2.24) is 10.2 Å². The Hall–Kier alpha value is -1.84. The molecule has 1 aromatic carbocycles. The quantitative estimate of drug-likeness (QED) is 0.896. The molecule has 1 saturated heterocycles. The van der Waals surface area contributed by atoms with Gasteiger partial charge in [0.15, 0.2) is 0 Å². The molecule has 0 atom stereocenters. The van der Waals surface area contributed by atoms with E-state index in [1.807, 2.05) is 30.3 Å². The molecule has 1 aliphatic rings. The van der Waals surface area contributed by atoms with Crippen molar-refractivity contribution < 1.29 is 9.59 Å². The van der Waals surface area contributed by atoms with Crippen LogP contribution in [0.1, 0.15) is 32.3 Å². The van der Waals surface area contributed by atoms with Gasteiger partial charge >= 0.3 is 0 Å². The summed E-state index contributed by atoms with van der Waals surface area (Å²) in [5, 5.41) is 2.90. The zero-order chi connectivity index (χ0) is 13.9. The van der Waals surface area contributed by atoms with Gasteiger partial charge in [-0.25, -0.2) is 0 Å². The molecule has 0 unspecified atom stereocenters. The molecule has 1 aromatic rings. The summed E-state index contributed by atoms with van der Waals surface area (Å²) in [5.74, 6) is -0.0357. The molecule has 1 aliphatic heterocycles. The van der Waals surface area contributed by atoms with Crippen molar-refractivity contribution in [3.63, 3.8) is 0 Å². The number of carbonyl (C=O) groups excluding carboxylic acids is 2. The van der Waals surface area contributed by atoms with Crippen LogP contribution >= 0.6 is 0 Å². The van der Waals surface area contributed by atoms with Gasteiger partial charge in [0.25, 0.3) is 0 Å². The third kappa shape index (κ3) is 2.95. The number of nitrogens with one attached hydrogen (secondary N) is 1. The fraction of sp³-hybridized carbons (Fsp3) is 0.467. The van der Waals surface area contributed by atoms with Crippen LogP contribution in [-0.2, 0) is 16.1 Å². The lowest BCUT2D eigenvalue weighted by molar-refractivity contribution is -0.142. The van der Waals surface area contributed by atoms with E-state index in [1.54, 1.807) is 18.7 Å². The maximum absolute atomic E-state index is 12.3. The minimum atomic E-state index is -0.775. The molecule has 0 bridgehead atoms. The third-order valence-corrected chi connectivity index (χ3v) is 3.60. The van der Waals surface area contributed by atoms with E-state index >= 15 is 0 Å². The summed E-state index contributed by atoms with van der Waals surface area (Å²) in [6, 6.07) is 9.76. The summed E-state index contributed by atoms with van der Waals surface area (Å²) in [4.78, 5) is 25.7. The molecular weight excluding hydrogens is 240 g/mol. The molecular formula is C15H20N2O2. The number of amides is 2. The summed E-state index contributed by atoms with van der Waals surface area (Å²) in [6.07, 6.45) is 1.39. The predicted molar refractivity (Wildman–Crippen MR) is 73.3 cm³/mol. The van der Waals surface area contributed by atoms with E-state index in [4.69, 9.17) is 0 Å². The Labute approximate surface area is 113 Å². The first kappa shape index (κ1) is 13.6. The Balaban J connectivity index is 1.97. The molecule has 4 heteroatoms. The van der Waals surface area contributed by atoms with Gasteiger partial charge in [0.2, 0.25) is 11.8 Å². The van der Waals surface area contributed by atoms with Crippen LogP contribution in [0.5, 0.6) is 0 Å². The average Bonchev–Trinajstić information content (AvgIpc) is 2.84. The van der Waals surface area contributed by atoms with Crippen LogP contribution in [0.25, 0.3) is 0 Å². The molecule has 0 spiro atoms. The minimum absolute atomic E-state index is 0.0693. The van der Waals surface area contributed by atoms with Crippen molar-refractivity contribution in [2.75, 3.05) is 6.54 Å². The highest BCUT2D eigenvalue weighted by Gasteiger charge is 2.39. The fourth-order valence-corrected chi connectivity index (χ4v) is 2.36. The van der Waals surface area contributed by atoms with Crippen LogP contribution < -0.4 is 5.32 Å². The third-order valence-electron chi connectivity index (χ3n) is 3.60. The van der Waals surface area contributed by atoms with Crippen molar-refractivity contribution in [2.45, 2.75) is 38.8 Å². The van der Waals surface area contributed by atoms with E-state index in [0.717, 1.165) is 12.0 Å². The Bertz CT molecular complexity index is 468. The SMILES string of the molecule is CC(C)(C(=O)NCc1ccccc1)N1CCCC1=O. The number of hydrogen-bond donors (Lipinski definition) is 1. The lowest BCUT2D eigenvalue weighted by Crippen LogP contribution is -2.55. The largest absolute Gasteiger partial charge is 0.350 e. The second kappa shape index (κ2) is 5.43. The number of hydrogen-bond acceptors (Lipinski definition) is 2. The van der Waals surface area contributed by atoms with Crippen molar-refractivity contribution in [3.8, 4) is 0 Å². The molecule has 2 rings (SSSR count). The second-order valence-corrected chi connectivity index (χ2v) is 5.38. The fourth-order valence-electron chi connectivity index (χ4n) is 2.36. The van der Waals surface area contributed by atoms with E-state index in [9.17, 15) is 9.59 Å². The molecule has 4 nitrogen and oxygen atoms in total. The van der Waals surface area contributed by atoms with E-state index < -0.39 is 5.54 Å². The Morgan fingerprint density at radius 2 is 2.00 bits per heavy atom. The second-order valence-electron chi connectivity index (χ2n) is 5.38. The molecule has 2 amide bonds. The van der Waals surface area contributed by atoms with Gasteiger partial charge in [-0.2, -0.15) is 0 Å². The van der Waals surface area contributed by atoms with E-state index in [2.05, 4.69) is 5.32 Å². The highest BCUT2D eigenvalue weighted by atomic mass is 16.2. The van der Waals surface area contributed by atoms with Crippen molar-refractivity contribution in [1.29, 1.82) is 0 Å². The van der Waals surface area contributed by atoms with Crippen LogP contribution in [0.15, 0.2) is 30.3 Å². The minimum Gasteiger partial charge on any atom is -0.350 e. The van der Waals surface area contributed by atoms with Gasteiger partial charge in [-0.1, -0.05) is 30.3 Å². The van der Waals surface area contributed by atoms with Crippen LogP contribution in [0.3, 0.4) is 0 Å². The zero-order valence-corrected chi connectivity index (χ0v) is 11.5. The number of rotatable bonds is 4. The Morgan fingerprint density at radius 1 is 1.32 bits per heavy atom. The van der Waals surface area contributed by atoms with Crippen LogP contribution in [-0.4, -0.2) is 28.8 Å². The smallest absolute Gasteiger partial charge is 0.245 e. The topological polar surface area (TPSA) is 49.4 Å². The summed E-state index contributed by atoms with van der Waals surface area (Å²) >= 11 is 0. The monoisotopic (exact) mass is 260 g/mol. The lowest BCUT2D eigenvalue weighted by atomic mass is 10.0. The number of carbonyl (C=O) groups is 2. The Kier molecular flexibility index (Phi) is 3.88. The summed E-state index contributed by atoms with van der Waals surface area (Å²) in [6.45, 7) is 4.77. The molecule has 0 aromatic heterocycles. The van der Waals surface area contributed by atoms with Crippen molar-refractivity contribution in [3.05, 3.63) is 35.9 Å². The van der Waals surface area contributed by atoms with Crippen LogP contribution in [0, 0.1) is 0 Å². The zero-order valence-electron chi connectivity index (χ0n) is 11.5. The normalized spacial score (nSPS) is 15.7. The Morgan fingerprint density at radius 3 is 2.58 bits per heavy atom. The maximum Gasteiger partial charge on any atom is 0.245 e. The van der Waals surface area contributed by atoms with Gasteiger partial charge in [-0.15, -0.1) is 0 Å². The highest BCUT2D eigenvalue weighted by molar-refractivity contribution is 5.91.